The molecule has 2 heterocycles. The highest BCUT2D eigenvalue weighted by Crippen LogP contribution is 2.33. The van der Waals surface area contributed by atoms with Crippen molar-refractivity contribution in [2.24, 2.45) is 0 Å². The number of aliphatic hydroxyl groups is 2. The fourth-order valence-corrected chi connectivity index (χ4v) is 2.82. The van der Waals surface area contributed by atoms with Crippen LogP contribution in [0.1, 0.15) is 39.0 Å². The van der Waals surface area contributed by atoms with E-state index < -0.39 is 12.2 Å². The fourth-order valence-electron chi connectivity index (χ4n) is 2.82. The van der Waals surface area contributed by atoms with Gasteiger partial charge in [0.25, 0.3) is 0 Å². The Bertz CT molecular complexity index is 309. The molecular formula is C14H22O4. The van der Waals surface area contributed by atoms with Crippen molar-refractivity contribution in [3.8, 4) is 12.3 Å². The Kier molecular flexibility index (Phi) is 4.63. The Hall–Kier alpha value is -0.600. The van der Waals surface area contributed by atoms with Crippen LogP contribution in [0.15, 0.2) is 0 Å². The van der Waals surface area contributed by atoms with Gasteiger partial charge in [-0.2, -0.15) is 0 Å². The molecule has 0 aromatic heterocycles. The molecule has 2 rings (SSSR count). The fraction of sp³-hybridized carbons (Fsp3) is 0.857. The predicted molar refractivity (Wildman–Crippen MR) is 66.9 cm³/mol. The summed E-state index contributed by atoms with van der Waals surface area (Å²) in [6, 6.07) is 0. The molecule has 0 aromatic rings. The summed E-state index contributed by atoms with van der Waals surface area (Å²) in [5.74, 6) is 2.46. The normalized spacial score (nSPS) is 39.4. The van der Waals surface area contributed by atoms with Gasteiger partial charge < -0.3 is 19.7 Å². The van der Waals surface area contributed by atoms with Crippen molar-refractivity contribution in [3.63, 3.8) is 0 Å². The van der Waals surface area contributed by atoms with Crippen LogP contribution in [0.25, 0.3) is 0 Å². The van der Waals surface area contributed by atoms with E-state index in [0.717, 1.165) is 25.7 Å². The van der Waals surface area contributed by atoms with Crippen molar-refractivity contribution in [1.29, 1.82) is 0 Å². The molecule has 2 aliphatic rings. The molecule has 2 fully saturated rings. The molecule has 0 radical (unpaired) electrons. The minimum absolute atomic E-state index is 0.0335. The average molecular weight is 254 g/mol. The number of aliphatic hydroxyl groups excluding tert-OH is 2. The summed E-state index contributed by atoms with van der Waals surface area (Å²) in [6.07, 6.45) is 7.86. The van der Waals surface area contributed by atoms with Gasteiger partial charge >= 0.3 is 0 Å². The third-order valence-electron chi connectivity index (χ3n) is 3.88. The van der Waals surface area contributed by atoms with Crippen LogP contribution in [0.2, 0.25) is 0 Å². The Morgan fingerprint density at radius 1 is 1.11 bits per heavy atom. The highest BCUT2D eigenvalue weighted by Gasteiger charge is 2.39. The summed E-state index contributed by atoms with van der Waals surface area (Å²) in [6.45, 7) is 1.75. The minimum atomic E-state index is -0.575. The third-order valence-corrected chi connectivity index (χ3v) is 3.88. The summed E-state index contributed by atoms with van der Waals surface area (Å²) in [7, 11) is 0. The van der Waals surface area contributed by atoms with Gasteiger partial charge in [0.2, 0.25) is 0 Å². The maximum Gasteiger partial charge on any atom is 0.0910 e. The molecule has 0 saturated carbocycles. The van der Waals surface area contributed by atoms with Gasteiger partial charge in [-0.3, -0.25) is 0 Å². The molecule has 4 heteroatoms. The van der Waals surface area contributed by atoms with Crippen LogP contribution in [0, 0.1) is 12.3 Å². The molecule has 0 unspecified atom stereocenters. The van der Waals surface area contributed by atoms with E-state index in [0.29, 0.717) is 6.42 Å². The Labute approximate surface area is 108 Å². The van der Waals surface area contributed by atoms with E-state index >= 15 is 0 Å². The molecule has 2 aliphatic heterocycles. The minimum Gasteiger partial charge on any atom is -0.391 e. The van der Waals surface area contributed by atoms with Crippen LogP contribution in [-0.2, 0) is 9.47 Å². The summed E-state index contributed by atoms with van der Waals surface area (Å²) >= 11 is 0. The Morgan fingerprint density at radius 2 is 1.67 bits per heavy atom. The second-order valence-corrected chi connectivity index (χ2v) is 5.30. The maximum absolute atomic E-state index is 9.80. The van der Waals surface area contributed by atoms with Gasteiger partial charge in [0.1, 0.15) is 0 Å². The van der Waals surface area contributed by atoms with Crippen LogP contribution in [0.4, 0.5) is 0 Å². The van der Waals surface area contributed by atoms with Crippen LogP contribution >= 0.6 is 0 Å². The molecule has 102 valence electrons. The van der Waals surface area contributed by atoms with Crippen molar-refractivity contribution in [1.82, 2.24) is 0 Å². The first-order valence-electron chi connectivity index (χ1n) is 6.72. The largest absolute Gasteiger partial charge is 0.391 e. The lowest BCUT2D eigenvalue weighted by atomic mass is 10.0. The highest BCUT2D eigenvalue weighted by atomic mass is 16.6. The summed E-state index contributed by atoms with van der Waals surface area (Å²) in [5, 5.41) is 19.3. The van der Waals surface area contributed by atoms with Crippen LogP contribution in [0.3, 0.4) is 0 Å². The molecular weight excluding hydrogens is 232 g/mol. The van der Waals surface area contributed by atoms with Gasteiger partial charge in [-0.1, -0.05) is 0 Å². The molecule has 0 aromatic carbocycles. The number of hydrogen-bond acceptors (Lipinski definition) is 4. The summed E-state index contributed by atoms with van der Waals surface area (Å²) in [5.41, 5.74) is 0. The number of rotatable bonds is 4. The maximum atomic E-state index is 9.80. The lowest BCUT2D eigenvalue weighted by Gasteiger charge is -2.22. The van der Waals surface area contributed by atoms with E-state index in [4.69, 9.17) is 15.9 Å². The third kappa shape index (κ3) is 3.04. The van der Waals surface area contributed by atoms with Crippen molar-refractivity contribution in [2.45, 2.75) is 75.7 Å². The molecule has 18 heavy (non-hydrogen) atoms. The quantitative estimate of drug-likeness (QED) is 0.730. The molecule has 6 atom stereocenters. The van der Waals surface area contributed by atoms with Gasteiger partial charge in [0, 0.05) is 6.42 Å². The first-order valence-corrected chi connectivity index (χ1v) is 6.72. The van der Waals surface area contributed by atoms with E-state index in [1.807, 2.05) is 0 Å². The Morgan fingerprint density at radius 3 is 2.17 bits per heavy atom. The zero-order valence-electron chi connectivity index (χ0n) is 10.8. The van der Waals surface area contributed by atoms with Gasteiger partial charge in [0.15, 0.2) is 0 Å². The summed E-state index contributed by atoms with van der Waals surface area (Å²) < 4.78 is 11.6. The van der Waals surface area contributed by atoms with E-state index in [1.165, 1.54) is 0 Å². The average Bonchev–Trinajstić information content (AvgIpc) is 2.98. The van der Waals surface area contributed by atoms with Crippen molar-refractivity contribution >= 4 is 0 Å². The van der Waals surface area contributed by atoms with E-state index in [-0.39, 0.29) is 24.4 Å². The molecule has 0 aliphatic carbocycles. The Balaban J connectivity index is 1.81. The van der Waals surface area contributed by atoms with Crippen molar-refractivity contribution in [3.05, 3.63) is 0 Å². The molecule has 2 N–H and O–H groups in total. The molecule has 0 bridgehead atoms. The van der Waals surface area contributed by atoms with E-state index in [2.05, 4.69) is 5.92 Å². The van der Waals surface area contributed by atoms with E-state index in [1.54, 1.807) is 6.92 Å². The lowest BCUT2D eigenvalue weighted by molar-refractivity contribution is -0.105. The monoisotopic (exact) mass is 254 g/mol. The zero-order chi connectivity index (χ0) is 13.1. The van der Waals surface area contributed by atoms with Gasteiger partial charge in [0.05, 0.1) is 36.6 Å². The van der Waals surface area contributed by atoms with E-state index in [9.17, 15) is 10.2 Å². The smallest absolute Gasteiger partial charge is 0.0910 e. The summed E-state index contributed by atoms with van der Waals surface area (Å²) in [4.78, 5) is 0. The standard InChI is InChI=1S/C14H22O4/c1-3-4-10(16)12-6-8-14(18-12)13-7-5-11(17-13)9(2)15/h1,9-16H,4-8H2,2H3/t9-,10-,11-,12-,13-,14-/m1/s1. The second-order valence-electron chi connectivity index (χ2n) is 5.30. The van der Waals surface area contributed by atoms with Crippen LogP contribution < -0.4 is 0 Å². The molecule has 4 nitrogen and oxygen atoms in total. The van der Waals surface area contributed by atoms with Crippen LogP contribution in [0.5, 0.6) is 0 Å². The van der Waals surface area contributed by atoms with Gasteiger partial charge in [-0.15, -0.1) is 12.3 Å². The van der Waals surface area contributed by atoms with Crippen molar-refractivity contribution < 1.29 is 19.7 Å². The van der Waals surface area contributed by atoms with Gasteiger partial charge in [-0.25, -0.2) is 0 Å². The first-order chi connectivity index (χ1) is 8.61. The molecule has 2 saturated heterocycles. The molecule has 0 amide bonds. The van der Waals surface area contributed by atoms with Crippen molar-refractivity contribution in [2.75, 3.05) is 0 Å². The SMILES string of the molecule is C#CC[C@@H](O)[C@H]1CC[C@H]([C@H]2CC[C@H]([C@@H](C)O)O2)O1. The topological polar surface area (TPSA) is 58.9 Å². The lowest BCUT2D eigenvalue weighted by Crippen LogP contribution is -2.32. The second kappa shape index (κ2) is 6.03. The first kappa shape index (κ1) is 13.8. The zero-order valence-corrected chi connectivity index (χ0v) is 10.8. The number of terminal acetylenes is 1. The number of hydrogen-bond donors (Lipinski definition) is 2. The highest BCUT2D eigenvalue weighted by molar-refractivity contribution is 4.93. The van der Waals surface area contributed by atoms with Gasteiger partial charge in [-0.05, 0) is 32.6 Å². The predicted octanol–water partition coefficient (Wildman–Crippen LogP) is 0.847. The molecule has 0 spiro atoms. The number of ether oxygens (including phenoxy) is 2. The van der Waals surface area contributed by atoms with Crippen LogP contribution in [-0.4, -0.2) is 46.8 Å².